The van der Waals surface area contributed by atoms with Crippen LogP contribution in [0.25, 0.3) is 0 Å². The zero-order valence-corrected chi connectivity index (χ0v) is 15.6. The third-order valence-corrected chi connectivity index (χ3v) is 4.85. The largest absolute Gasteiger partial charge is 0.496 e. The van der Waals surface area contributed by atoms with Crippen LogP contribution in [0.3, 0.4) is 0 Å². The fraction of sp³-hybridized carbons (Fsp3) is 0.471. The number of para-hydroxylation sites is 1. The Kier molecular flexibility index (Phi) is 7.12. The van der Waals surface area contributed by atoms with E-state index >= 15 is 0 Å². The van der Waals surface area contributed by atoms with E-state index in [-0.39, 0.29) is 16.8 Å². The summed E-state index contributed by atoms with van der Waals surface area (Å²) < 4.78 is 6.86. The molecule has 2 N–H and O–H groups in total. The molecular formula is C17H24N4O3S. The van der Waals surface area contributed by atoms with Crippen LogP contribution >= 0.6 is 11.8 Å². The van der Waals surface area contributed by atoms with Crippen LogP contribution in [-0.4, -0.2) is 33.0 Å². The molecule has 2 aromatic rings. The number of aromatic amines is 1. The Morgan fingerprint density at radius 2 is 2.20 bits per heavy atom. The SMILES string of the molecule is CCCCn1c(SC(C)C(=O)NCc2ccccc2OC)n[nH]c1=O. The van der Waals surface area contributed by atoms with Gasteiger partial charge < -0.3 is 10.1 Å². The molecule has 2 rings (SSSR count). The molecule has 1 atom stereocenters. The second kappa shape index (κ2) is 9.31. The first kappa shape index (κ1) is 19.1. The van der Waals surface area contributed by atoms with E-state index in [0.717, 1.165) is 24.2 Å². The highest BCUT2D eigenvalue weighted by Crippen LogP contribution is 2.21. The Balaban J connectivity index is 1.95. The second-order valence-corrected chi connectivity index (χ2v) is 6.91. The minimum Gasteiger partial charge on any atom is -0.496 e. The minimum absolute atomic E-state index is 0.117. The van der Waals surface area contributed by atoms with Gasteiger partial charge in [0.05, 0.1) is 12.4 Å². The van der Waals surface area contributed by atoms with Crippen molar-refractivity contribution in [2.45, 2.75) is 50.2 Å². The van der Waals surface area contributed by atoms with E-state index in [0.29, 0.717) is 18.2 Å². The monoisotopic (exact) mass is 364 g/mol. The molecule has 25 heavy (non-hydrogen) atoms. The average molecular weight is 364 g/mol. The van der Waals surface area contributed by atoms with Crippen molar-refractivity contribution in [2.75, 3.05) is 7.11 Å². The van der Waals surface area contributed by atoms with E-state index in [4.69, 9.17) is 4.74 Å². The molecule has 7 nitrogen and oxygen atoms in total. The average Bonchev–Trinajstić information content (AvgIpc) is 2.97. The van der Waals surface area contributed by atoms with Gasteiger partial charge in [-0.05, 0) is 19.4 Å². The molecule has 1 amide bonds. The van der Waals surface area contributed by atoms with Crippen LogP contribution in [0.4, 0.5) is 0 Å². The summed E-state index contributed by atoms with van der Waals surface area (Å²) >= 11 is 1.27. The fourth-order valence-corrected chi connectivity index (χ4v) is 3.20. The van der Waals surface area contributed by atoms with Gasteiger partial charge in [0, 0.05) is 18.7 Å². The van der Waals surface area contributed by atoms with Gasteiger partial charge in [-0.2, -0.15) is 0 Å². The van der Waals surface area contributed by atoms with Crippen LogP contribution in [0.1, 0.15) is 32.3 Å². The molecule has 1 heterocycles. The lowest BCUT2D eigenvalue weighted by Gasteiger charge is -2.13. The molecule has 0 aliphatic carbocycles. The smallest absolute Gasteiger partial charge is 0.343 e. The van der Waals surface area contributed by atoms with Crippen molar-refractivity contribution < 1.29 is 9.53 Å². The normalized spacial score (nSPS) is 12.0. The Bertz CT molecular complexity index is 756. The van der Waals surface area contributed by atoms with Gasteiger partial charge in [0.1, 0.15) is 5.75 Å². The van der Waals surface area contributed by atoms with Crippen LogP contribution in [0.5, 0.6) is 5.75 Å². The molecule has 136 valence electrons. The standard InChI is InChI=1S/C17H24N4O3S/c1-4-5-10-21-16(23)19-20-17(21)25-12(2)15(22)18-11-13-8-6-7-9-14(13)24-3/h6-9,12H,4-5,10-11H2,1-3H3,(H,18,22)(H,19,23). The van der Waals surface area contributed by atoms with Crippen LogP contribution < -0.4 is 15.7 Å². The molecule has 0 spiro atoms. The maximum absolute atomic E-state index is 12.4. The minimum atomic E-state index is -0.370. The summed E-state index contributed by atoms with van der Waals surface area (Å²) in [6.45, 7) is 4.85. The maximum Gasteiger partial charge on any atom is 0.343 e. The summed E-state index contributed by atoms with van der Waals surface area (Å²) in [6, 6.07) is 7.55. The molecule has 0 saturated heterocycles. The summed E-state index contributed by atoms with van der Waals surface area (Å²) in [4.78, 5) is 24.1. The van der Waals surface area contributed by atoms with E-state index in [1.807, 2.05) is 24.3 Å². The first-order valence-corrected chi connectivity index (χ1v) is 9.16. The van der Waals surface area contributed by atoms with Crippen LogP contribution in [0.15, 0.2) is 34.2 Å². The number of methoxy groups -OCH3 is 1. The zero-order chi connectivity index (χ0) is 18.2. The third-order valence-electron chi connectivity index (χ3n) is 3.76. The third kappa shape index (κ3) is 5.12. The Labute approximate surface area is 151 Å². The number of thioether (sulfide) groups is 1. The summed E-state index contributed by atoms with van der Waals surface area (Å²) in [5, 5.41) is 9.54. The van der Waals surface area contributed by atoms with E-state index in [1.165, 1.54) is 11.8 Å². The number of nitrogens with one attached hydrogen (secondary N) is 2. The number of aromatic nitrogens is 3. The number of nitrogens with zero attached hydrogens (tertiary/aromatic N) is 2. The number of H-pyrrole nitrogens is 1. The Hall–Kier alpha value is -2.22. The predicted octanol–water partition coefficient (Wildman–Crippen LogP) is 2.18. The quantitative estimate of drug-likeness (QED) is 0.666. The van der Waals surface area contributed by atoms with Crippen molar-refractivity contribution >= 4 is 17.7 Å². The van der Waals surface area contributed by atoms with Crippen LogP contribution in [0.2, 0.25) is 0 Å². The summed E-state index contributed by atoms with van der Waals surface area (Å²) in [7, 11) is 1.60. The van der Waals surface area contributed by atoms with Gasteiger partial charge in [-0.25, -0.2) is 9.89 Å². The topological polar surface area (TPSA) is 89.0 Å². The molecule has 1 aromatic heterocycles. The van der Waals surface area contributed by atoms with Crippen molar-refractivity contribution in [1.29, 1.82) is 0 Å². The molecule has 0 aliphatic rings. The predicted molar refractivity (Wildman–Crippen MR) is 97.9 cm³/mol. The van der Waals surface area contributed by atoms with Crippen molar-refractivity contribution in [3.63, 3.8) is 0 Å². The van der Waals surface area contributed by atoms with Gasteiger partial charge in [0.25, 0.3) is 0 Å². The Morgan fingerprint density at radius 1 is 1.44 bits per heavy atom. The van der Waals surface area contributed by atoms with Gasteiger partial charge in [0.15, 0.2) is 5.16 Å². The first-order valence-electron chi connectivity index (χ1n) is 8.28. The van der Waals surface area contributed by atoms with Crippen molar-refractivity contribution in [1.82, 2.24) is 20.1 Å². The number of unbranched alkanes of at least 4 members (excludes halogenated alkanes) is 1. The van der Waals surface area contributed by atoms with E-state index in [2.05, 4.69) is 22.4 Å². The lowest BCUT2D eigenvalue weighted by Crippen LogP contribution is -2.31. The highest BCUT2D eigenvalue weighted by Gasteiger charge is 2.19. The Morgan fingerprint density at radius 3 is 2.92 bits per heavy atom. The van der Waals surface area contributed by atoms with E-state index in [9.17, 15) is 9.59 Å². The van der Waals surface area contributed by atoms with Crippen molar-refractivity contribution in [2.24, 2.45) is 0 Å². The van der Waals surface area contributed by atoms with Gasteiger partial charge >= 0.3 is 5.69 Å². The van der Waals surface area contributed by atoms with E-state index in [1.54, 1.807) is 18.6 Å². The molecule has 1 aromatic carbocycles. The number of hydrogen-bond donors (Lipinski definition) is 2. The van der Waals surface area contributed by atoms with Crippen LogP contribution in [0, 0.1) is 0 Å². The van der Waals surface area contributed by atoms with Gasteiger partial charge in [-0.15, -0.1) is 5.10 Å². The van der Waals surface area contributed by atoms with Crippen LogP contribution in [-0.2, 0) is 17.9 Å². The zero-order valence-electron chi connectivity index (χ0n) is 14.7. The molecule has 0 saturated carbocycles. The molecule has 8 heteroatoms. The summed E-state index contributed by atoms with van der Waals surface area (Å²) in [5.41, 5.74) is 0.674. The van der Waals surface area contributed by atoms with E-state index < -0.39 is 0 Å². The lowest BCUT2D eigenvalue weighted by atomic mass is 10.2. The number of carbonyl (C=O) groups is 1. The number of hydrogen-bond acceptors (Lipinski definition) is 5. The van der Waals surface area contributed by atoms with Gasteiger partial charge in [-0.1, -0.05) is 43.3 Å². The van der Waals surface area contributed by atoms with Crippen molar-refractivity contribution in [3.05, 3.63) is 40.3 Å². The molecular weight excluding hydrogens is 340 g/mol. The number of carbonyl (C=O) groups excluding carboxylic acids is 1. The number of ether oxygens (including phenoxy) is 1. The molecule has 0 bridgehead atoms. The molecule has 1 unspecified atom stereocenters. The maximum atomic E-state index is 12.4. The summed E-state index contributed by atoms with van der Waals surface area (Å²) in [5.74, 6) is 0.622. The fourth-order valence-electron chi connectivity index (χ4n) is 2.29. The first-order chi connectivity index (χ1) is 12.1. The number of benzene rings is 1. The molecule has 0 aliphatic heterocycles. The lowest BCUT2D eigenvalue weighted by molar-refractivity contribution is -0.120. The van der Waals surface area contributed by atoms with Gasteiger partial charge in [-0.3, -0.25) is 9.36 Å². The van der Waals surface area contributed by atoms with Crippen molar-refractivity contribution in [3.8, 4) is 5.75 Å². The number of amides is 1. The highest BCUT2D eigenvalue weighted by molar-refractivity contribution is 8.00. The highest BCUT2D eigenvalue weighted by atomic mass is 32.2. The summed E-state index contributed by atoms with van der Waals surface area (Å²) in [6.07, 6.45) is 1.87. The number of rotatable bonds is 9. The molecule has 0 fully saturated rings. The molecule has 0 radical (unpaired) electrons. The van der Waals surface area contributed by atoms with Gasteiger partial charge in [0.2, 0.25) is 5.91 Å². The second-order valence-electron chi connectivity index (χ2n) is 5.61.